The predicted molar refractivity (Wildman–Crippen MR) is 63.3 cm³/mol. The molecule has 1 aromatic carbocycles. The zero-order chi connectivity index (χ0) is 14.3. The average molecular weight is 297 g/mol. The van der Waals surface area contributed by atoms with Gasteiger partial charge in [0.15, 0.2) is 0 Å². The Bertz CT molecular complexity index is 464. The summed E-state index contributed by atoms with van der Waals surface area (Å²) in [7, 11) is 0. The van der Waals surface area contributed by atoms with Crippen molar-refractivity contribution in [3.8, 4) is 0 Å². The molecule has 0 heterocycles. The van der Waals surface area contributed by atoms with Crippen molar-refractivity contribution in [1.29, 1.82) is 0 Å². The highest BCUT2D eigenvalue weighted by Gasteiger charge is 2.46. The number of aliphatic hydroxyl groups is 1. The molecule has 106 valence electrons. The number of rotatable bonds is 1. The van der Waals surface area contributed by atoms with Gasteiger partial charge in [-0.1, -0.05) is 11.6 Å². The molecule has 1 nitrogen and oxygen atoms in total. The lowest BCUT2D eigenvalue weighted by atomic mass is 9.75. The topological polar surface area (TPSA) is 20.2 Å². The van der Waals surface area contributed by atoms with E-state index >= 15 is 0 Å². The molecule has 0 aromatic heterocycles. The Morgan fingerprint density at radius 2 is 1.79 bits per heavy atom. The summed E-state index contributed by atoms with van der Waals surface area (Å²) in [5.74, 6) is -1.97. The van der Waals surface area contributed by atoms with Crippen LogP contribution in [-0.4, -0.2) is 11.3 Å². The minimum absolute atomic E-state index is 0.0691. The average Bonchev–Trinajstić information content (AvgIpc) is 2.31. The van der Waals surface area contributed by atoms with Crippen molar-refractivity contribution < 1.29 is 22.7 Å². The highest BCUT2D eigenvalue weighted by atomic mass is 35.5. The van der Waals surface area contributed by atoms with Crippen LogP contribution in [0.25, 0.3) is 0 Å². The summed E-state index contributed by atoms with van der Waals surface area (Å²) < 4.78 is 50.9. The molecule has 1 aliphatic carbocycles. The first-order chi connectivity index (χ1) is 8.72. The van der Waals surface area contributed by atoms with E-state index in [0.717, 1.165) is 12.1 Å². The number of benzene rings is 1. The quantitative estimate of drug-likeness (QED) is 0.761. The van der Waals surface area contributed by atoms with Crippen LogP contribution in [0, 0.1) is 11.7 Å². The van der Waals surface area contributed by atoms with E-state index in [9.17, 15) is 22.7 Å². The maximum absolute atomic E-state index is 13.2. The summed E-state index contributed by atoms with van der Waals surface area (Å²) in [6.07, 6.45) is -4.73. The minimum atomic E-state index is -4.24. The molecule has 0 amide bonds. The van der Waals surface area contributed by atoms with Gasteiger partial charge in [-0.2, -0.15) is 13.2 Å². The standard InChI is InChI=1S/C13H13ClF4O/c14-11-2-1-9(15)7-10(11)12(19)5-3-8(4-6-12)13(16,17)18/h1-2,7-8,19H,3-6H2. The van der Waals surface area contributed by atoms with Crippen molar-refractivity contribution in [2.24, 2.45) is 5.92 Å². The molecule has 0 unspecified atom stereocenters. The van der Waals surface area contributed by atoms with Crippen molar-refractivity contribution in [3.63, 3.8) is 0 Å². The SMILES string of the molecule is OC1(c2cc(F)ccc2Cl)CCC(C(F)(F)F)CC1. The fourth-order valence-electron chi connectivity index (χ4n) is 2.55. The summed E-state index contributed by atoms with van der Waals surface area (Å²) in [5, 5.41) is 10.6. The van der Waals surface area contributed by atoms with E-state index in [0.29, 0.717) is 0 Å². The second-order valence-electron chi connectivity index (χ2n) is 4.97. The highest BCUT2D eigenvalue weighted by molar-refractivity contribution is 6.31. The lowest BCUT2D eigenvalue weighted by Crippen LogP contribution is -2.36. The summed E-state index contributed by atoms with van der Waals surface area (Å²) in [5.41, 5.74) is -1.30. The van der Waals surface area contributed by atoms with Crippen LogP contribution < -0.4 is 0 Å². The van der Waals surface area contributed by atoms with Crippen LogP contribution in [0.3, 0.4) is 0 Å². The van der Waals surface area contributed by atoms with E-state index in [1.165, 1.54) is 6.07 Å². The summed E-state index contributed by atoms with van der Waals surface area (Å²) in [6, 6.07) is 3.55. The fourth-order valence-corrected chi connectivity index (χ4v) is 2.84. The summed E-state index contributed by atoms with van der Waals surface area (Å²) >= 11 is 5.90. The van der Waals surface area contributed by atoms with Gasteiger partial charge in [-0.05, 0) is 43.9 Å². The molecule has 0 radical (unpaired) electrons. The molecule has 1 aliphatic rings. The molecule has 1 saturated carbocycles. The van der Waals surface area contributed by atoms with Crippen LogP contribution in [0.2, 0.25) is 5.02 Å². The van der Waals surface area contributed by atoms with Gasteiger partial charge in [0.1, 0.15) is 5.82 Å². The number of alkyl halides is 3. The normalized spacial score (nSPS) is 28.4. The van der Waals surface area contributed by atoms with Gasteiger partial charge in [0, 0.05) is 10.6 Å². The molecule has 0 saturated heterocycles. The summed E-state index contributed by atoms with van der Waals surface area (Å²) in [4.78, 5) is 0. The van der Waals surface area contributed by atoms with E-state index in [4.69, 9.17) is 11.6 Å². The van der Waals surface area contributed by atoms with Crippen molar-refractivity contribution >= 4 is 11.6 Å². The first kappa shape index (κ1) is 14.6. The number of halogens is 5. The van der Waals surface area contributed by atoms with Crippen LogP contribution in [0.4, 0.5) is 17.6 Å². The molecule has 0 atom stereocenters. The summed E-state index contributed by atoms with van der Waals surface area (Å²) in [6.45, 7) is 0. The Morgan fingerprint density at radius 3 is 2.32 bits per heavy atom. The second-order valence-corrected chi connectivity index (χ2v) is 5.38. The first-order valence-electron chi connectivity index (χ1n) is 5.97. The zero-order valence-corrected chi connectivity index (χ0v) is 10.7. The van der Waals surface area contributed by atoms with E-state index in [2.05, 4.69) is 0 Å². The molecular formula is C13H13ClF4O. The molecule has 1 N–H and O–H groups in total. The monoisotopic (exact) mass is 296 g/mol. The third-order valence-corrected chi connectivity index (χ3v) is 4.04. The molecule has 0 aliphatic heterocycles. The number of hydrogen-bond acceptors (Lipinski definition) is 1. The van der Waals surface area contributed by atoms with Crippen LogP contribution in [-0.2, 0) is 5.60 Å². The van der Waals surface area contributed by atoms with Crippen molar-refractivity contribution in [2.45, 2.75) is 37.5 Å². The van der Waals surface area contributed by atoms with Gasteiger partial charge in [0.25, 0.3) is 0 Å². The Kier molecular flexibility index (Phi) is 3.80. The molecule has 6 heteroatoms. The van der Waals surface area contributed by atoms with E-state index in [1.807, 2.05) is 0 Å². The van der Waals surface area contributed by atoms with E-state index in [-0.39, 0.29) is 36.3 Å². The van der Waals surface area contributed by atoms with Gasteiger partial charge in [0.2, 0.25) is 0 Å². The van der Waals surface area contributed by atoms with Gasteiger partial charge in [-0.25, -0.2) is 4.39 Å². The largest absolute Gasteiger partial charge is 0.391 e. The highest BCUT2D eigenvalue weighted by Crippen LogP contribution is 2.46. The third-order valence-electron chi connectivity index (χ3n) is 3.71. The molecule has 1 aromatic rings. The van der Waals surface area contributed by atoms with Crippen LogP contribution in [0.5, 0.6) is 0 Å². The fraction of sp³-hybridized carbons (Fsp3) is 0.538. The van der Waals surface area contributed by atoms with Gasteiger partial charge in [-0.3, -0.25) is 0 Å². The van der Waals surface area contributed by atoms with E-state index < -0.39 is 23.5 Å². The van der Waals surface area contributed by atoms with Crippen molar-refractivity contribution in [3.05, 3.63) is 34.6 Å². The van der Waals surface area contributed by atoms with Crippen LogP contribution in [0.15, 0.2) is 18.2 Å². The molecule has 19 heavy (non-hydrogen) atoms. The third kappa shape index (κ3) is 3.03. The lowest BCUT2D eigenvalue weighted by Gasteiger charge is -2.37. The molecule has 0 bridgehead atoms. The molecule has 1 fully saturated rings. The Labute approximate surface area is 113 Å². The molecular weight excluding hydrogens is 284 g/mol. The van der Waals surface area contributed by atoms with E-state index in [1.54, 1.807) is 0 Å². The lowest BCUT2D eigenvalue weighted by molar-refractivity contribution is -0.193. The van der Waals surface area contributed by atoms with Crippen LogP contribution >= 0.6 is 11.6 Å². The predicted octanol–water partition coefficient (Wildman–Crippen LogP) is 4.42. The van der Waals surface area contributed by atoms with Crippen molar-refractivity contribution in [1.82, 2.24) is 0 Å². The smallest absolute Gasteiger partial charge is 0.385 e. The van der Waals surface area contributed by atoms with Gasteiger partial charge >= 0.3 is 6.18 Å². The van der Waals surface area contributed by atoms with Gasteiger partial charge in [0.05, 0.1) is 11.5 Å². The Balaban J connectivity index is 2.20. The maximum atomic E-state index is 13.2. The Morgan fingerprint density at radius 1 is 1.21 bits per heavy atom. The van der Waals surface area contributed by atoms with Gasteiger partial charge in [-0.15, -0.1) is 0 Å². The van der Waals surface area contributed by atoms with Gasteiger partial charge < -0.3 is 5.11 Å². The molecule has 0 spiro atoms. The van der Waals surface area contributed by atoms with Crippen molar-refractivity contribution in [2.75, 3.05) is 0 Å². The maximum Gasteiger partial charge on any atom is 0.391 e. The second kappa shape index (κ2) is 4.94. The zero-order valence-electron chi connectivity index (χ0n) is 9.97. The minimum Gasteiger partial charge on any atom is -0.385 e. The van der Waals surface area contributed by atoms with Crippen LogP contribution in [0.1, 0.15) is 31.2 Å². The number of hydrogen-bond donors (Lipinski definition) is 1. The first-order valence-corrected chi connectivity index (χ1v) is 6.35. The molecule has 2 rings (SSSR count). The Hall–Kier alpha value is -0.810.